The summed E-state index contributed by atoms with van der Waals surface area (Å²) in [6, 6.07) is 5.76. The van der Waals surface area contributed by atoms with Gasteiger partial charge in [0.1, 0.15) is 0 Å². The smallest absolute Gasteiger partial charge is 0.0497 e. The third kappa shape index (κ3) is 1.86. The van der Waals surface area contributed by atoms with E-state index in [9.17, 15) is 0 Å². The molecule has 1 rings (SSSR count). The molecule has 0 aliphatic carbocycles. The molecule has 0 spiro atoms. The molecule has 1 unspecified atom stereocenters. The van der Waals surface area contributed by atoms with Gasteiger partial charge in [-0.15, -0.1) is 6.42 Å². The van der Waals surface area contributed by atoms with E-state index in [-0.39, 0.29) is 12.5 Å². The Morgan fingerprint density at radius 3 is 2.86 bits per heavy atom. The molecule has 0 saturated heterocycles. The first-order valence-electron chi connectivity index (χ1n) is 4.57. The van der Waals surface area contributed by atoms with E-state index >= 15 is 0 Å². The number of benzene rings is 1. The molecule has 72 valence electrons. The Hall–Kier alpha value is -1.52. The van der Waals surface area contributed by atoms with E-state index in [1.165, 1.54) is 0 Å². The fourth-order valence-electron chi connectivity index (χ4n) is 1.46. The van der Waals surface area contributed by atoms with Gasteiger partial charge in [0.05, 0.1) is 0 Å². The highest BCUT2D eigenvalue weighted by molar-refractivity contribution is 5.61. The first-order valence-corrected chi connectivity index (χ1v) is 4.57. The minimum atomic E-state index is 0.0938. The molecule has 1 aromatic carbocycles. The van der Waals surface area contributed by atoms with E-state index in [4.69, 9.17) is 11.5 Å². The molecular weight excluding hydrogens is 172 g/mol. The number of hydrogen-bond acceptors (Lipinski definition) is 1. The molecule has 0 aromatic heterocycles. The zero-order valence-corrected chi connectivity index (χ0v) is 8.33. The van der Waals surface area contributed by atoms with Crippen LogP contribution >= 0.6 is 0 Å². The maximum Gasteiger partial charge on any atom is 0.0497 e. The SMILES string of the molecule is C#Cc1cccc(C(C)CO)c1C=C. The number of terminal acetylenes is 1. The molecule has 0 heterocycles. The van der Waals surface area contributed by atoms with Crippen molar-refractivity contribution in [3.8, 4) is 12.3 Å². The Morgan fingerprint density at radius 2 is 2.36 bits per heavy atom. The van der Waals surface area contributed by atoms with Gasteiger partial charge >= 0.3 is 0 Å². The topological polar surface area (TPSA) is 20.2 Å². The van der Waals surface area contributed by atoms with Gasteiger partial charge in [0, 0.05) is 18.1 Å². The molecule has 0 bridgehead atoms. The summed E-state index contributed by atoms with van der Waals surface area (Å²) in [5.41, 5.74) is 2.84. The Morgan fingerprint density at radius 1 is 1.64 bits per heavy atom. The summed E-state index contributed by atoms with van der Waals surface area (Å²) in [5.74, 6) is 2.71. The molecule has 0 aliphatic heterocycles. The largest absolute Gasteiger partial charge is 0.396 e. The molecule has 0 amide bonds. The van der Waals surface area contributed by atoms with Gasteiger partial charge in [0.25, 0.3) is 0 Å². The van der Waals surface area contributed by atoms with Gasteiger partial charge in [-0.3, -0.25) is 0 Å². The van der Waals surface area contributed by atoms with Crippen LogP contribution < -0.4 is 0 Å². The first kappa shape index (κ1) is 10.6. The standard InChI is InChI=1S/C13H14O/c1-4-11-7-6-8-13(10(3)9-14)12(11)5-2/h1,5-8,10,14H,2,9H2,3H3. The van der Waals surface area contributed by atoms with Gasteiger partial charge in [-0.1, -0.05) is 37.6 Å². The summed E-state index contributed by atoms with van der Waals surface area (Å²) in [6.45, 7) is 5.82. The van der Waals surface area contributed by atoms with E-state index < -0.39 is 0 Å². The van der Waals surface area contributed by atoms with Crippen LogP contribution in [0.5, 0.6) is 0 Å². The highest BCUT2D eigenvalue weighted by Crippen LogP contribution is 2.23. The summed E-state index contributed by atoms with van der Waals surface area (Å²) < 4.78 is 0. The monoisotopic (exact) mass is 186 g/mol. The lowest BCUT2D eigenvalue weighted by Gasteiger charge is -2.13. The van der Waals surface area contributed by atoms with Crippen LogP contribution in [0.3, 0.4) is 0 Å². The van der Waals surface area contributed by atoms with Crippen molar-refractivity contribution in [1.82, 2.24) is 0 Å². The molecule has 1 heteroatoms. The average Bonchev–Trinajstić information content (AvgIpc) is 2.26. The number of hydrogen-bond donors (Lipinski definition) is 1. The van der Waals surface area contributed by atoms with Crippen molar-refractivity contribution in [2.24, 2.45) is 0 Å². The number of aliphatic hydroxyl groups is 1. The summed E-state index contributed by atoms with van der Waals surface area (Å²) in [7, 11) is 0. The summed E-state index contributed by atoms with van der Waals surface area (Å²) >= 11 is 0. The van der Waals surface area contributed by atoms with Gasteiger partial charge < -0.3 is 5.11 Å². The van der Waals surface area contributed by atoms with Crippen LogP contribution in [0.25, 0.3) is 6.08 Å². The van der Waals surface area contributed by atoms with Crippen LogP contribution in [0.4, 0.5) is 0 Å². The second-order valence-electron chi connectivity index (χ2n) is 3.24. The average molecular weight is 186 g/mol. The molecule has 0 fully saturated rings. The van der Waals surface area contributed by atoms with E-state index in [1.54, 1.807) is 6.08 Å². The van der Waals surface area contributed by atoms with Crippen molar-refractivity contribution in [2.75, 3.05) is 6.61 Å². The molecule has 0 aliphatic rings. The van der Waals surface area contributed by atoms with Crippen LogP contribution in [-0.4, -0.2) is 11.7 Å². The van der Waals surface area contributed by atoms with Crippen LogP contribution in [0.2, 0.25) is 0 Å². The van der Waals surface area contributed by atoms with Crippen molar-refractivity contribution in [1.29, 1.82) is 0 Å². The molecule has 1 nitrogen and oxygen atoms in total. The Bertz CT molecular complexity index is 371. The lowest BCUT2D eigenvalue weighted by Crippen LogP contribution is -2.02. The van der Waals surface area contributed by atoms with Crippen molar-refractivity contribution in [2.45, 2.75) is 12.8 Å². The van der Waals surface area contributed by atoms with Crippen LogP contribution in [0, 0.1) is 12.3 Å². The Balaban J connectivity index is 3.30. The molecule has 14 heavy (non-hydrogen) atoms. The van der Waals surface area contributed by atoms with E-state index in [0.29, 0.717) is 0 Å². The second-order valence-corrected chi connectivity index (χ2v) is 3.24. The first-order chi connectivity index (χ1) is 6.74. The van der Waals surface area contributed by atoms with Crippen molar-refractivity contribution >= 4 is 6.08 Å². The minimum Gasteiger partial charge on any atom is -0.396 e. The maximum atomic E-state index is 9.09. The zero-order chi connectivity index (χ0) is 10.6. The molecule has 1 atom stereocenters. The highest BCUT2D eigenvalue weighted by atomic mass is 16.3. The minimum absolute atomic E-state index is 0.0938. The fourth-order valence-corrected chi connectivity index (χ4v) is 1.46. The van der Waals surface area contributed by atoms with Crippen LogP contribution in [0.1, 0.15) is 29.5 Å². The third-order valence-corrected chi connectivity index (χ3v) is 2.30. The van der Waals surface area contributed by atoms with Gasteiger partial charge in [-0.25, -0.2) is 0 Å². The summed E-state index contributed by atoms with van der Waals surface area (Å²) in [6.07, 6.45) is 7.12. The highest BCUT2D eigenvalue weighted by Gasteiger charge is 2.09. The second kappa shape index (κ2) is 4.64. The molecule has 0 radical (unpaired) electrons. The fraction of sp³-hybridized carbons (Fsp3) is 0.231. The van der Waals surface area contributed by atoms with E-state index in [2.05, 4.69) is 12.5 Å². The molecule has 1 N–H and O–H groups in total. The van der Waals surface area contributed by atoms with Gasteiger partial charge in [0.2, 0.25) is 0 Å². The summed E-state index contributed by atoms with van der Waals surface area (Å²) in [5, 5.41) is 9.09. The molecule has 1 aromatic rings. The number of rotatable bonds is 3. The predicted octanol–water partition coefficient (Wildman–Crippen LogP) is 2.41. The lowest BCUT2D eigenvalue weighted by molar-refractivity contribution is 0.273. The summed E-state index contributed by atoms with van der Waals surface area (Å²) in [4.78, 5) is 0. The van der Waals surface area contributed by atoms with Crippen molar-refractivity contribution in [3.05, 3.63) is 41.5 Å². The normalized spacial score (nSPS) is 11.8. The van der Waals surface area contributed by atoms with Crippen LogP contribution in [-0.2, 0) is 0 Å². The quantitative estimate of drug-likeness (QED) is 0.719. The van der Waals surface area contributed by atoms with Gasteiger partial charge in [0.15, 0.2) is 0 Å². The van der Waals surface area contributed by atoms with Crippen molar-refractivity contribution in [3.63, 3.8) is 0 Å². The molecule has 0 saturated carbocycles. The third-order valence-electron chi connectivity index (χ3n) is 2.30. The Kier molecular flexibility index (Phi) is 3.50. The Labute approximate surface area is 85.1 Å². The number of aliphatic hydroxyl groups excluding tert-OH is 1. The van der Waals surface area contributed by atoms with E-state index in [0.717, 1.165) is 16.7 Å². The molecular formula is C13H14O. The van der Waals surface area contributed by atoms with E-state index in [1.807, 2.05) is 25.1 Å². The van der Waals surface area contributed by atoms with Crippen molar-refractivity contribution < 1.29 is 5.11 Å². The van der Waals surface area contributed by atoms with Gasteiger partial charge in [-0.2, -0.15) is 0 Å². The van der Waals surface area contributed by atoms with Crippen LogP contribution in [0.15, 0.2) is 24.8 Å². The maximum absolute atomic E-state index is 9.09. The van der Waals surface area contributed by atoms with Gasteiger partial charge in [-0.05, 0) is 17.2 Å². The zero-order valence-electron chi connectivity index (χ0n) is 8.33. The predicted molar refractivity (Wildman–Crippen MR) is 60.0 cm³/mol. The lowest BCUT2D eigenvalue weighted by atomic mass is 9.93.